The minimum Gasteiger partial charge on any atom is -0.472 e. The molecule has 0 N–H and O–H groups in total. The fourth-order valence-corrected chi connectivity index (χ4v) is 1.18. The van der Waals surface area contributed by atoms with Crippen molar-refractivity contribution in [3.8, 4) is 11.4 Å². The number of nitrogens with zero attached hydrogens (tertiary/aromatic N) is 2. The number of aromatic nitrogens is 2. The van der Waals surface area contributed by atoms with Gasteiger partial charge in [0.15, 0.2) is 0 Å². The third-order valence-corrected chi connectivity index (χ3v) is 2.02. The van der Waals surface area contributed by atoms with Crippen molar-refractivity contribution in [3.63, 3.8) is 0 Å². The SMILES string of the molecule is COC(=O)CCc1nc(-c2ccoc2)no1. The second kappa shape index (κ2) is 4.61. The minimum absolute atomic E-state index is 0.226. The van der Waals surface area contributed by atoms with Crippen molar-refractivity contribution >= 4 is 5.97 Å². The van der Waals surface area contributed by atoms with Crippen molar-refractivity contribution in [2.75, 3.05) is 7.11 Å². The van der Waals surface area contributed by atoms with Gasteiger partial charge in [-0.2, -0.15) is 4.98 Å². The number of carbonyl (C=O) groups excluding carboxylic acids is 1. The highest BCUT2D eigenvalue weighted by Crippen LogP contribution is 2.16. The Morgan fingerprint density at radius 3 is 3.12 bits per heavy atom. The molecule has 2 aromatic heterocycles. The summed E-state index contributed by atoms with van der Waals surface area (Å²) < 4.78 is 14.4. The second-order valence-electron chi connectivity index (χ2n) is 3.10. The molecule has 0 radical (unpaired) electrons. The Balaban J connectivity index is 2.00. The third kappa shape index (κ3) is 2.28. The van der Waals surface area contributed by atoms with Crippen molar-refractivity contribution in [3.05, 3.63) is 24.5 Å². The molecule has 0 amide bonds. The normalized spacial score (nSPS) is 10.3. The van der Waals surface area contributed by atoms with E-state index >= 15 is 0 Å². The predicted molar refractivity (Wildman–Crippen MR) is 52.3 cm³/mol. The molecule has 0 bridgehead atoms. The topological polar surface area (TPSA) is 78.4 Å². The number of carbonyl (C=O) groups is 1. The molecule has 0 aromatic carbocycles. The first-order chi connectivity index (χ1) is 7.79. The van der Waals surface area contributed by atoms with Crippen LogP contribution < -0.4 is 0 Å². The van der Waals surface area contributed by atoms with Crippen LogP contribution in [-0.4, -0.2) is 23.2 Å². The molecule has 0 saturated heterocycles. The Bertz CT molecular complexity index is 461. The van der Waals surface area contributed by atoms with Gasteiger partial charge < -0.3 is 13.7 Å². The van der Waals surface area contributed by atoms with Crippen molar-refractivity contribution < 1.29 is 18.5 Å². The molecule has 0 atom stereocenters. The van der Waals surface area contributed by atoms with E-state index in [1.54, 1.807) is 6.07 Å². The monoisotopic (exact) mass is 222 g/mol. The third-order valence-electron chi connectivity index (χ3n) is 2.02. The summed E-state index contributed by atoms with van der Waals surface area (Å²) in [6.45, 7) is 0. The molecule has 6 heteroatoms. The molecule has 0 saturated carbocycles. The van der Waals surface area contributed by atoms with E-state index in [4.69, 9.17) is 8.94 Å². The molecule has 0 spiro atoms. The van der Waals surface area contributed by atoms with Gasteiger partial charge in [-0.25, -0.2) is 0 Å². The Hall–Kier alpha value is -2.11. The number of hydrogen-bond acceptors (Lipinski definition) is 6. The number of hydrogen-bond donors (Lipinski definition) is 0. The zero-order valence-corrected chi connectivity index (χ0v) is 8.67. The summed E-state index contributed by atoms with van der Waals surface area (Å²) in [5.74, 6) is 0.554. The number of ether oxygens (including phenoxy) is 1. The van der Waals surface area contributed by atoms with Crippen LogP contribution in [0.4, 0.5) is 0 Å². The van der Waals surface area contributed by atoms with Crippen LogP contribution in [0.25, 0.3) is 11.4 Å². The van der Waals surface area contributed by atoms with Gasteiger partial charge in [-0.05, 0) is 6.07 Å². The molecule has 0 unspecified atom stereocenters. The van der Waals surface area contributed by atoms with Crippen molar-refractivity contribution in [1.82, 2.24) is 10.1 Å². The zero-order chi connectivity index (χ0) is 11.4. The summed E-state index contributed by atoms with van der Waals surface area (Å²) in [6, 6.07) is 1.73. The Labute approximate surface area is 91.2 Å². The van der Waals surface area contributed by atoms with Gasteiger partial charge in [0.2, 0.25) is 11.7 Å². The van der Waals surface area contributed by atoms with Gasteiger partial charge in [0.1, 0.15) is 6.26 Å². The average molecular weight is 222 g/mol. The molecule has 0 aliphatic heterocycles. The van der Waals surface area contributed by atoms with Crippen LogP contribution in [-0.2, 0) is 16.0 Å². The molecule has 2 heterocycles. The van der Waals surface area contributed by atoms with Gasteiger partial charge in [-0.3, -0.25) is 4.79 Å². The fraction of sp³-hybridized carbons (Fsp3) is 0.300. The quantitative estimate of drug-likeness (QED) is 0.728. The molecule has 0 aliphatic rings. The lowest BCUT2D eigenvalue weighted by Crippen LogP contribution is -2.01. The molecular weight excluding hydrogens is 212 g/mol. The summed E-state index contributed by atoms with van der Waals surface area (Å²) >= 11 is 0. The molecule has 0 aliphatic carbocycles. The van der Waals surface area contributed by atoms with E-state index in [0.717, 1.165) is 5.56 Å². The molecule has 2 rings (SSSR count). The first-order valence-corrected chi connectivity index (χ1v) is 4.71. The Morgan fingerprint density at radius 1 is 1.56 bits per heavy atom. The van der Waals surface area contributed by atoms with E-state index in [9.17, 15) is 4.79 Å². The van der Waals surface area contributed by atoms with Crippen LogP contribution in [0.5, 0.6) is 0 Å². The minimum atomic E-state index is -0.303. The van der Waals surface area contributed by atoms with E-state index < -0.39 is 0 Å². The number of aryl methyl sites for hydroxylation is 1. The van der Waals surface area contributed by atoms with Gasteiger partial charge in [-0.15, -0.1) is 0 Å². The lowest BCUT2D eigenvalue weighted by Gasteiger charge is -1.93. The molecule has 16 heavy (non-hydrogen) atoms. The Kier molecular flexibility index (Phi) is 3.00. The first-order valence-electron chi connectivity index (χ1n) is 4.71. The van der Waals surface area contributed by atoms with Crippen LogP contribution in [0.3, 0.4) is 0 Å². The van der Waals surface area contributed by atoms with Crippen molar-refractivity contribution in [2.24, 2.45) is 0 Å². The van der Waals surface area contributed by atoms with Crippen molar-refractivity contribution in [1.29, 1.82) is 0 Å². The zero-order valence-electron chi connectivity index (χ0n) is 8.67. The van der Waals surface area contributed by atoms with Crippen LogP contribution in [0.2, 0.25) is 0 Å². The number of esters is 1. The summed E-state index contributed by atoms with van der Waals surface area (Å²) in [4.78, 5) is 15.0. The maximum atomic E-state index is 10.9. The maximum absolute atomic E-state index is 10.9. The molecule has 0 fully saturated rings. The van der Waals surface area contributed by atoms with Crippen LogP contribution >= 0.6 is 0 Å². The highest BCUT2D eigenvalue weighted by Gasteiger charge is 2.11. The van der Waals surface area contributed by atoms with E-state index in [2.05, 4.69) is 14.9 Å². The fourth-order valence-electron chi connectivity index (χ4n) is 1.18. The Morgan fingerprint density at radius 2 is 2.44 bits per heavy atom. The lowest BCUT2D eigenvalue weighted by molar-refractivity contribution is -0.140. The largest absolute Gasteiger partial charge is 0.472 e. The smallest absolute Gasteiger partial charge is 0.306 e. The van der Waals surface area contributed by atoms with E-state index in [0.29, 0.717) is 18.1 Å². The second-order valence-corrected chi connectivity index (χ2v) is 3.10. The van der Waals surface area contributed by atoms with Gasteiger partial charge in [-0.1, -0.05) is 5.16 Å². The summed E-state index contributed by atoms with van der Waals surface area (Å²) in [7, 11) is 1.34. The molecular formula is C10H10N2O4. The average Bonchev–Trinajstić information content (AvgIpc) is 2.95. The van der Waals surface area contributed by atoms with Gasteiger partial charge in [0.05, 0.1) is 25.4 Å². The maximum Gasteiger partial charge on any atom is 0.306 e. The standard InChI is InChI=1S/C10H10N2O4/c1-14-9(13)3-2-8-11-10(12-16-8)7-4-5-15-6-7/h4-6H,2-3H2,1H3. The predicted octanol–water partition coefficient (Wildman–Crippen LogP) is 1.44. The van der Waals surface area contributed by atoms with E-state index in [1.807, 2.05) is 0 Å². The number of furan rings is 1. The molecule has 2 aromatic rings. The number of methoxy groups -OCH3 is 1. The van der Waals surface area contributed by atoms with Crippen LogP contribution in [0, 0.1) is 0 Å². The lowest BCUT2D eigenvalue weighted by atomic mass is 10.3. The molecule has 84 valence electrons. The van der Waals surface area contributed by atoms with E-state index in [1.165, 1.54) is 19.6 Å². The van der Waals surface area contributed by atoms with E-state index in [-0.39, 0.29) is 12.4 Å². The van der Waals surface area contributed by atoms with Crippen LogP contribution in [0.1, 0.15) is 12.3 Å². The number of rotatable bonds is 4. The van der Waals surface area contributed by atoms with Gasteiger partial charge in [0, 0.05) is 6.42 Å². The highest BCUT2D eigenvalue weighted by molar-refractivity contribution is 5.69. The van der Waals surface area contributed by atoms with Crippen molar-refractivity contribution in [2.45, 2.75) is 12.8 Å². The van der Waals surface area contributed by atoms with Crippen LogP contribution in [0.15, 0.2) is 27.5 Å². The first kappa shape index (κ1) is 10.4. The summed E-state index contributed by atoms with van der Waals surface area (Å²) in [6.07, 6.45) is 3.65. The van der Waals surface area contributed by atoms with Gasteiger partial charge >= 0.3 is 5.97 Å². The molecule has 6 nitrogen and oxygen atoms in total. The van der Waals surface area contributed by atoms with Gasteiger partial charge in [0.25, 0.3) is 0 Å². The highest BCUT2D eigenvalue weighted by atomic mass is 16.5. The summed E-state index contributed by atoms with van der Waals surface area (Å²) in [5, 5.41) is 3.76. The summed E-state index contributed by atoms with van der Waals surface area (Å²) in [5.41, 5.74) is 0.744.